The van der Waals surface area contributed by atoms with E-state index in [-0.39, 0.29) is 25.9 Å². The predicted octanol–water partition coefficient (Wildman–Crippen LogP) is 3.08. The third-order valence-corrected chi connectivity index (χ3v) is 1.93. The SMILES string of the molecule is Clc1cccc(CBr)c1.[H-].[H-].[Mg+2]. The fraction of sp³-hybridized carbons (Fsp3) is 0.143. The summed E-state index contributed by atoms with van der Waals surface area (Å²) in [5.74, 6) is 0. The molecule has 0 radical (unpaired) electrons. The molecule has 0 atom stereocenters. The van der Waals surface area contributed by atoms with E-state index < -0.39 is 0 Å². The smallest absolute Gasteiger partial charge is 1.00 e. The van der Waals surface area contributed by atoms with Gasteiger partial charge >= 0.3 is 23.1 Å². The first-order valence-corrected chi connectivity index (χ1v) is 4.13. The number of halogens is 2. The van der Waals surface area contributed by atoms with Crippen LogP contribution in [0, 0.1) is 0 Å². The molecule has 0 aliphatic rings. The molecular weight excluding hydrogens is 224 g/mol. The average Bonchev–Trinajstić information content (AvgIpc) is 1.88. The Hall–Kier alpha value is 0.756. The van der Waals surface area contributed by atoms with Crippen LogP contribution in [0.25, 0.3) is 0 Å². The second-order valence-corrected chi connectivity index (χ2v) is 2.76. The van der Waals surface area contributed by atoms with Crippen molar-refractivity contribution < 1.29 is 2.85 Å². The van der Waals surface area contributed by atoms with E-state index in [0.29, 0.717) is 0 Å². The topological polar surface area (TPSA) is 0 Å². The molecule has 1 aromatic rings. The van der Waals surface area contributed by atoms with Gasteiger partial charge in [-0.15, -0.1) is 0 Å². The molecule has 0 fully saturated rings. The number of alkyl halides is 1. The van der Waals surface area contributed by atoms with Crippen LogP contribution in [0.15, 0.2) is 24.3 Å². The van der Waals surface area contributed by atoms with E-state index in [1.54, 1.807) is 0 Å². The van der Waals surface area contributed by atoms with Crippen LogP contribution in [-0.2, 0) is 5.33 Å². The number of hydrogen-bond acceptors (Lipinski definition) is 0. The van der Waals surface area contributed by atoms with Crippen molar-refractivity contribution in [2.24, 2.45) is 0 Å². The zero-order valence-corrected chi connectivity index (χ0v) is 9.24. The van der Waals surface area contributed by atoms with Gasteiger partial charge in [-0.25, -0.2) is 0 Å². The summed E-state index contributed by atoms with van der Waals surface area (Å²) in [5.41, 5.74) is 1.21. The Bertz CT molecular complexity index is 210. The molecule has 3 heteroatoms. The summed E-state index contributed by atoms with van der Waals surface area (Å²) in [6.07, 6.45) is 0. The largest absolute Gasteiger partial charge is 2.00 e. The van der Waals surface area contributed by atoms with Gasteiger partial charge in [-0.3, -0.25) is 0 Å². The van der Waals surface area contributed by atoms with Gasteiger partial charge < -0.3 is 2.85 Å². The van der Waals surface area contributed by atoms with Crippen LogP contribution >= 0.6 is 27.5 Å². The Labute approximate surface area is 93.2 Å². The summed E-state index contributed by atoms with van der Waals surface area (Å²) in [7, 11) is 0. The van der Waals surface area contributed by atoms with E-state index in [9.17, 15) is 0 Å². The molecule has 0 aliphatic heterocycles. The molecule has 0 N–H and O–H groups in total. The predicted molar refractivity (Wildman–Crippen MR) is 52.1 cm³/mol. The molecule has 0 saturated heterocycles. The molecule has 0 heterocycles. The van der Waals surface area contributed by atoms with E-state index in [1.165, 1.54) is 5.56 Å². The Kier molecular flexibility index (Phi) is 5.82. The van der Waals surface area contributed by atoms with Crippen LogP contribution in [0.5, 0.6) is 0 Å². The number of rotatable bonds is 1. The van der Waals surface area contributed by atoms with Crippen molar-refractivity contribution in [1.82, 2.24) is 0 Å². The van der Waals surface area contributed by atoms with Gasteiger partial charge in [0.2, 0.25) is 0 Å². The van der Waals surface area contributed by atoms with Crippen molar-refractivity contribution in [2.45, 2.75) is 5.33 Å². The Balaban J connectivity index is -0.000000270. The van der Waals surface area contributed by atoms with Crippen LogP contribution < -0.4 is 0 Å². The van der Waals surface area contributed by atoms with Gasteiger partial charge in [0.1, 0.15) is 0 Å². The summed E-state index contributed by atoms with van der Waals surface area (Å²) in [6.45, 7) is 0. The van der Waals surface area contributed by atoms with Gasteiger partial charge in [-0.2, -0.15) is 0 Å². The Morgan fingerprint density at radius 2 is 2.20 bits per heavy atom. The Morgan fingerprint density at radius 3 is 2.60 bits per heavy atom. The minimum Gasteiger partial charge on any atom is -1.00 e. The molecule has 0 aromatic heterocycles. The van der Waals surface area contributed by atoms with E-state index in [0.717, 1.165) is 10.4 Å². The van der Waals surface area contributed by atoms with Crippen molar-refractivity contribution in [3.63, 3.8) is 0 Å². The minimum atomic E-state index is 0. The summed E-state index contributed by atoms with van der Waals surface area (Å²) >= 11 is 9.04. The molecular formula is C7H8BrClMg. The Morgan fingerprint density at radius 1 is 1.50 bits per heavy atom. The van der Waals surface area contributed by atoms with E-state index in [2.05, 4.69) is 15.9 Å². The molecule has 10 heavy (non-hydrogen) atoms. The van der Waals surface area contributed by atoms with Crippen LogP contribution in [0.2, 0.25) is 5.02 Å². The minimum absolute atomic E-state index is 0. The van der Waals surface area contributed by atoms with Gasteiger partial charge in [0.15, 0.2) is 0 Å². The standard InChI is InChI=1S/C7H6BrCl.Mg.2H/c8-5-6-2-1-3-7(9)4-6;;;/h1-4H,5H2;;;/q;+2;2*-1. The first kappa shape index (κ1) is 10.8. The summed E-state index contributed by atoms with van der Waals surface area (Å²) in [6, 6.07) is 7.78. The van der Waals surface area contributed by atoms with Crippen LogP contribution in [0.4, 0.5) is 0 Å². The van der Waals surface area contributed by atoms with E-state index in [1.807, 2.05) is 24.3 Å². The normalized spacial score (nSPS) is 8.60. The zero-order chi connectivity index (χ0) is 6.69. The maximum atomic E-state index is 5.70. The average molecular weight is 232 g/mol. The maximum Gasteiger partial charge on any atom is 2.00 e. The molecule has 0 amide bonds. The number of benzene rings is 1. The van der Waals surface area contributed by atoms with Gasteiger partial charge in [-0.05, 0) is 17.7 Å². The van der Waals surface area contributed by atoms with Gasteiger partial charge in [0, 0.05) is 10.4 Å². The molecule has 0 unspecified atom stereocenters. The summed E-state index contributed by atoms with van der Waals surface area (Å²) in [4.78, 5) is 0. The monoisotopic (exact) mass is 230 g/mol. The van der Waals surface area contributed by atoms with Gasteiger partial charge in [-0.1, -0.05) is 39.7 Å². The van der Waals surface area contributed by atoms with Gasteiger partial charge in [0.05, 0.1) is 0 Å². The van der Waals surface area contributed by atoms with Crippen molar-refractivity contribution in [1.29, 1.82) is 0 Å². The summed E-state index contributed by atoms with van der Waals surface area (Å²) in [5, 5.41) is 1.67. The third-order valence-electron chi connectivity index (χ3n) is 1.04. The molecule has 0 bridgehead atoms. The second-order valence-electron chi connectivity index (χ2n) is 1.76. The molecule has 0 nitrogen and oxygen atoms in total. The van der Waals surface area contributed by atoms with Crippen LogP contribution in [-0.4, -0.2) is 23.1 Å². The first-order valence-electron chi connectivity index (χ1n) is 2.63. The van der Waals surface area contributed by atoms with Crippen molar-refractivity contribution in [3.05, 3.63) is 34.9 Å². The summed E-state index contributed by atoms with van der Waals surface area (Å²) < 4.78 is 0. The van der Waals surface area contributed by atoms with E-state index >= 15 is 0 Å². The fourth-order valence-electron chi connectivity index (χ4n) is 0.620. The first-order chi connectivity index (χ1) is 4.33. The van der Waals surface area contributed by atoms with Crippen LogP contribution in [0.1, 0.15) is 8.42 Å². The molecule has 0 saturated carbocycles. The molecule has 1 rings (SSSR count). The third kappa shape index (κ3) is 3.24. The van der Waals surface area contributed by atoms with Crippen molar-refractivity contribution in [2.75, 3.05) is 0 Å². The quantitative estimate of drug-likeness (QED) is 0.515. The van der Waals surface area contributed by atoms with Crippen LogP contribution in [0.3, 0.4) is 0 Å². The van der Waals surface area contributed by atoms with E-state index in [4.69, 9.17) is 11.6 Å². The fourth-order valence-corrected chi connectivity index (χ4v) is 1.18. The van der Waals surface area contributed by atoms with Crippen molar-refractivity contribution in [3.8, 4) is 0 Å². The molecule has 1 aromatic carbocycles. The molecule has 0 aliphatic carbocycles. The maximum absolute atomic E-state index is 5.70. The number of hydrogen-bond donors (Lipinski definition) is 0. The van der Waals surface area contributed by atoms with Gasteiger partial charge in [0.25, 0.3) is 0 Å². The molecule has 0 spiro atoms. The van der Waals surface area contributed by atoms with Crippen molar-refractivity contribution >= 4 is 50.6 Å². The second kappa shape index (κ2) is 5.41. The molecule has 52 valence electrons. The zero-order valence-electron chi connectivity index (χ0n) is 7.48.